The molecule has 14 heteroatoms. The van der Waals surface area contributed by atoms with Crippen LogP contribution >= 0.6 is 22.6 Å². The number of halogens is 5. The van der Waals surface area contributed by atoms with Crippen LogP contribution in [0.1, 0.15) is 15.9 Å². The lowest BCUT2D eigenvalue weighted by Gasteiger charge is -2.13. The van der Waals surface area contributed by atoms with Crippen LogP contribution in [0.4, 0.5) is 39.5 Å². The fraction of sp³-hybridized carbons (Fsp3) is 0.0455. The number of urea groups is 1. The Labute approximate surface area is 212 Å². The monoisotopic (exact) mass is 612 g/mol. The molecule has 0 aliphatic rings. The van der Waals surface area contributed by atoms with E-state index in [-0.39, 0.29) is 45.7 Å². The average molecular weight is 612 g/mol. The molecule has 0 saturated heterocycles. The number of Topliss-reactive ketones (excluding diaryl/α,β-unsaturated/α-hetero) is 1. The molecular weight excluding hydrogens is 599 g/mol. The van der Waals surface area contributed by atoms with E-state index in [1.54, 1.807) is 22.6 Å². The van der Waals surface area contributed by atoms with Gasteiger partial charge in [0.05, 0.1) is 22.5 Å². The number of fused-ring (bicyclic) bond motifs is 1. The maximum Gasteiger partial charge on any atom is 0.416 e. The van der Waals surface area contributed by atoms with Crippen molar-refractivity contribution < 1.29 is 31.9 Å². The molecule has 0 spiro atoms. The predicted molar refractivity (Wildman–Crippen MR) is 130 cm³/mol. The molecule has 0 saturated carbocycles. The van der Waals surface area contributed by atoms with Crippen molar-refractivity contribution in [2.24, 2.45) is 0 Å². The van der Waals surface area contributed by atoms with Gasteiger partial charge in [0.2, 0.25) is 5.78 Å². The molecule has 36 heavy (non-hydrogen) atoms. The lowest BCUT2D eigenvalue weighted by atomic mass is 10.00. The minimum absolute atomic E-state index is 0.0253. The van der Waals surface area contributed by atoms with Crippen LogP contribution in [-0.4, -0.2) is 32.7 Å². The zero-order chi connectivity index (χ0) is 26.2. The van der Waals surface area contributed by atoms with E-state index in [1.807, 2.05) is 0 Å². The summed E-state index contributed by atoms with van der Waals surface area (Å²) in [6, 6.07) is 5.36. The summed E-state index contributed by atoms with van der Waals surface area (Å²) in [5.74, 6) is -1.85. The SMILES string of the molecule is Nc1ncnn2cc(C(=O)C=O)c(-c3ccc(NC(=O)Nc4cc(C(F)(F)F)ccc4I)c(F)c3)c12. The fourth-order valence-corrected chi connectivity index (χ4v) is 3.89. The van der Waals surface area contributed by atoms with Crippen LogP contribution in [-0.2, 0) is 11.0 Å². The van der Waals surface area contributed by atoms with Crippen LogP contribution in [0.15, 0.2) is 48.9 Å². The number of anilines is 3. The van der Waals surface area contributed by atoms with Gasteiger partial charge in [-0.05, 0) is 58.5 Å². The first-order valence-corrected chi connectivity index (χ1v) is 10.9. The maximum atomic E-state index is 14.9. The van der Waals surface area contributed by atoms with Gasteiger partial charge in [0, 0.05) is 15.3 Å². The first-order chi connectivity index (χ1) is 17.0. The molecule has 2 aromatic heterocycles. The minimum atomic E-state index is -4.61. The standard InChI is InChI=1S/C22H13F4IN6O3/c23-13-5-10(18-12(17(35)8-34)7-33-19(18)20(28)29-9-30-33)1-4-15(13)31-21(36)32-16-6-11(22(24,25)26)2-3-14(16)27/h1-9H,(H2,28,29,30)(H2,31,32,36). The van der Waals surface area contributed by atoms with Crippen LogP contribution < -0.4 is 16.4 Å². The van der Waals surface area contributed by atoms with Crippen molar-refractivity contribution in [2.45, 2.75) is 6.18 Å². The van der Waals surface area contributed by atoms with Gasteiger partial charge < -0.3 is 16.4 Å². The number of alkyl halides is 3. The molecule has 0 fully saturated rings. The second-order valence-electron chi connectivity index (χ2n) is 7.30. The maximum absolute atomic E-state index is 14.9. The third-order valence-corrected chi connectivity index (χ3v) is 5.96. The number of carbonyl (C=O) groups excluding carboxylic acids is 3. The van der Waals surface area contributed by atoms with Crippen molar-refractivity contribution in [1.82, 2.24) is 14.6 Å². The molecular formula is C22H13F4IN6O3. The summed E-state index contributed by atoms with van der Waals surface area (Å²) in [5.41, 5.74) is 4.86. The zero-order valence-corrected chi connectivity index (χ0v) is 19.9. The van der Waals surface area contributed by atoms with Crippen LogP contribution in [0.5, 0.6) is 0 Å². The van der Waals surface area contributed by atoms with Gasteiger partial charge in [0.1, 0.15) is 17.7 Å². The number of ketones is 1. The van der Waals surface area contributed by atoms with E-state index >= 15 is 0 Å². The van der Waals surface area contributed by atoms with Gasteiger partial charge in [-0.2, -0.15) is 18.3 Å². The molecule has 9 nitrogen and oxygen atoms in total. The van der Waals surface area contributed by atoms with Gasteiger partial charge >= 0.3 is 12.2 Å². The van der Waals surface area contributed by atoms with Crippen LogP contribution in [0.3, 0.4) is 0 Å². The summed E-state index contributed by atoms with van der Waals surface area (Å²) in [6.07, 6.45) is -2.12. The number of amides is 2. The molecule has 4 N–H and O–H groups in total. The Morgan fingerprint density at radius 3 is 2.47 bits per heavy atom. The highest BCUT2D eigenvalue weighted by Gasteiger charge is 2.31. The van der Waals surface area contributed by atoms with Crippen molar-refractivity contribution in [2.75, 3.05) is 16.4 Å². The predicted octanol–water partition coefficient (Wildman–Crippen LogP) is 4.77. The number of nitrogens with one attached hydrogen (secondary N) is 2. The van der Waals surface area contributed by atoms with Gasteiger partial charge in [-0.15, -0.1) is 0 Å². The Kier molecular flexibility index (Phi) is 6.62. The van der Waals surface area contributed by atoms with E-state index in [1.165, 1.54) is 28.9 Å². The number of hydrogen-bond acceptors (Lipinski definition) is 6. The summed E-state index contributed by atoms with van der Waals surface area (Å²) < 4.78 is 55.4. The largest absolute Gasteiger partial charge is 0.416 e. The Bertz CT molecular complexity index is 1540. The Morgan fingerprint density at radius 2 is 1.81 bits per heavy atom. The molecule has 2 heterocycles. The third kappa shape index (κ3) is 4.84. The third-order valence-electron chi connectivity index (χ3n) is 5.02. The van der Waals surface area contributed by atoms with Gasteiger partial charge in [-0.25, -0.2) is 18.7 Å². The number of hydrogen-bond donors (Lipinski definition) is 3. The molecule has 0 aliphatic heterocycles. The highest BCUT2D eigenvalue weighted by atomic mass is 127. The summed E-state index contributed by atoms with van der Waals surface area (Å²) in [5, 5.41) is 8.43. The van der Waals surface area contributed by atoms with Gasteiger partial charge in [-0.1, -0.05) is 6.07 Å². The van der Waals surface area contributed by atoms with Crippen LogP contribution in [0.2, 0.25) is 0 Å². The molecule has 184 valence electrons. The van der Waals surface area contributed by atoms with Crippen LogP contribution in [0.25, 0.3) is 16.6 Å². The first kappa shape index (κ1) is 25.0. The molecule has 2 aromatic carbocycles. The Balaban J connectivity index is 1.64. The summed E-state index contributed by atoms with van der Waals surface area (Å²) in [4.78, 5) is 39.5. The Hall–Kier alpha value is -4.08. The van der Waals surface area contributed by atoms with Crippen molar-refractivity contribution in [1.29, 1.82) is 0 Å². The zero-order valence-electron chi connectivity index (χ0n) is 17.7. The summed E-state index contributed by atoms with van der Waals surface area (Å²) in [6.45, 7) is 0. The first-order valence-electron chi connectivity index (χ1n) is 9.85. The van der Waals surface area contributed by atoms with Gasteiger partial charge in [0.25, 0.3) is 0 Å². The lowest BCUT2D eigenvalue weighted by molar-refractivity contribution is -0.137. The van der Waals surface area contributed by atoms with Crippen molar-refractivity contribution in [3.05, 3.63) is 69.4 Å². The van der Waals surface area contributed by atoms with Crippen molar-refractivity contribution in [3.63, 3.8) is 0 Å². The highest BCUT2D eigenvalue weighted by molar-refractivity contribution is 14.1. The number of nitrogens with zero attached hydrogens (tertiary/aromatic N) is 3. The number of benzene rings is 2. The number of aldehydes is 1. The van der Waals surface area contributed by atoms with E-state index in [4.69, 9.17) is 5.73 Å². The van der Waals surface area contributed by atoms with Crippen molar-refractivity contribution in [3.8, 4) is 11.1 Å². The summed E-state index contributed by atoms with van der Waals surface area (Å²) in [7, 11) is 0. The van der Waals surface area contributed by atoms with Gasteiger partial charge in [0.15, 0.2) is 12.1 Å². The molecule has 0 aliphatic carbocycles. The quantitative estimate of drug-likeness (QED) is 0.0980. The molecule has 0 radical (unpaired) electrons. The van der Waals surface area contributed by atoms with E-state index in [2.05, 4.69) is 20.7 Å². The lowest BCUT2D eigenvalue weighted by Crippen LogP contribution is -2.21. The molecule has 0 unspecified atom stereocenters. The smallest absolute Gasteiger partial charge is 0.382 e. The number of aromatic nitrogens is 3. The van der Waals surface area contributed by atoms with Gasteiger partial charge in [-0.3, -0.25) is 9.59 Å². The molecule has 4 rings (SSSR count). The topological polar surface area (TPSA) is 131 Å². The van der Waals surface area contributed by atoms with E-state index in [9.17, 15) is 31.9 Å². The average Bonchev–Trinajstić information content (AvgIpc) is 3.21. The second-order valence-corrected chi connectivity index (χ2v) is 8.47. The second kappa shape index (κ2) is 9.52. The van der Waals surface area contributed by atoms with Crippen LogP contribution in [0, 0.1) is 9.39 Å². The molecule has 0 atom stereocenters. The highest BCUT2D eigenvalue weighted by Crippen LogP contribution is 2.35. The van der Waals surface area contributed by atoms with E-state index < -0.39 is 29.4 Å². The van der Waals surface area contributed by atoms with Crippen molar-refractivity contribution >= 4 is 63.4 Å². The number of nitrogen functional groups attached to an aromatic ring is 1. The summed E-state index contributed by atoms with van der Waals surface area (Å²) >= 11 is 1.75. The Morgan fingerprint density at radius 1 is 1.08 bits per heavy atom. The molecule has 0 bridgehead atoms. The minimum Gasteiger partial charge on any atom is -0.382 e. The van der Waals surface area contributed by atoms with E-state index in [0.717, 1.165) is 24.5 Å². The molecule has 4 aromatic rings. The fourth-order valence-electron chi connectivity index (χ4n) is 3.42. The number of nitrogens with two attached hydrogens (primary N) is 1. The molecule has 2 amide bonds. The van der Waals surface area contributed by atoms with E-state index in [0.29, 0.717) is 3.57 Å². The number of carbonyl (C=O) groups is 3. The number of rotatable bonds is 5. The normalized spacial score (nSPS) is 11.4.